The lowest BCUT2D eigenvalue weighted by Crippen LogP contribution is -2.15. The van der Waals surface area contributed by atoms with Gasteiger partial charge in [0.05, 0.1) is 13.2 Å². The molecular formula is C15H23NO2. The fraction of sp³-hybridized carbons (Fsp3) is 0.467. The molecule has 100 valence electrons. The lowest BCUT2D eigenvalue weighted by atomic mass is 10.1. The Balaban J connectivity index is 3.02. The van der Waals surface area contributed by atoms with Gasteiger partial charge in [-0.2, -0.15) is 0 Å². The largest absolute Gasteiger partial charge is 0.493 e. The van der Waals surface area contributed by atoms with Gasteiger partial charge in [0.2, 0.25) is 0 Å². The van der Waals surface area contributed by atoms with Gasteiger partial charge in [0, 0.05) is 6.04 Å². The van der Waals surface area contributed by atoms with Gasteiger partial charge in [0.15, 0.2) is 11.5 Å². The van der Waals surface area contributed by atoms with E-state index < -0.39 is 0 Å². The molecule has 0 spiro atoms. The fourth-order valence-corrected chi connectivity index (χ4v) is 1.52. The Morgan fingerprint density at radius 1 is 1.22 bits per heavy atom. The molecule has 1 aromatic rings. The summed E-state index contributed by atoms with van der Waals surface area (Å²) in [7, 11) is 1.65. The number of rotatable bonds is 5. The zero-order valence-electron chi connectivity index (χ0n) is 11.9. The third-order valence-corrected chi connectivity index (χ3v) is 2.66. The van der Waals surface area contributed by atoms with E-state index in [0.29, 0.717) is 0 Å². The highest BCUT2D eigenvalue weighted by atomic mass is 16.5. The minimum Gasteiger partial charge on any atom is -0.493 e. The third kappa shape index (κ3) is 4.08. The normalized spacial score (nSPS) is 13.6. The van der Waals surface area contributed by atoms with Crippen molar-refractivity contribution in [2.75, 3.05) is 7.11 Å². The molecule has 2 N–H and O–H groups in total. The van der Waals surface area contributed by atoms with E-state index in [9.17, 15) is 0 Å². The molecule has 18 heavy (non-hydrogen) atoms. The van der Waals surface area contributed by atoms with Crippen LogP contribution in [0.2, 0.25) is 0 Å². The Morgan fingerprint density at radius 3 is 2.39 bits per heavy atom. The van der Waals surface area contributed by atoms with Gasteiger partial charge in [-0.15, -0.1) is 0 Å². The van der Waals surface area contributed by atoms with Crippen LogP contribution in [-0.2, 0) is 0 Å². The van der Waals surface area contributed by atoms with Crippen molar-refractivity contribution in [1.82, 2.24) is 0 Å². The van der Waals surface area contributed by atoms with E-state index in [1.807, 2.05) is 45.9 Å². The Morgan fingerprint density at radius 2 is 1.89 bits per heavy atom. The highest BCUT2D eigenvalue weighted by Gasteiger charge is 2.07. The molecule has 3 heteroatoms. The zero-order chi connectivity index (χ0) is 13.7. The number of hydrogen-bond donors (Lipinski definition) is 1. The van der Waals surface area contributed by atoms with Gasteiger partial charge < -0.3 is 15.2 Å². The average Bonchev–Trinajstić information content (AvgIpc) is 2.30. The van der Waals surface area contributed by atoms with Crippen LogP contribution < -0.4 is 15.2 Å². The van der Waals surface area contributed by atoms with Gasteiger partial charge >= 0.3 is 0 Å². The second kappa shape index (κ2) is 6.45. The molecule has 1 unspecified atom stereocenters. The third-order valence-electron chi connectivity index (χ3n) is 2.66. The van der Waals surface area contributed by atoms with E-state index >= 15 is 0 Å². The van der Waals surface area contributed by atoms with Crippen molar-refractivity contribution < 1.29 is 9.47 Å². The number of ether oxygens (including phenoxy) is 2. The Hall–Kier alpha value is -1.48. The van der Waals surface area contributed by atoms with Crippen molar-refractivity contribution in [2.45, 2.75) is 39.8 Å². The first kappa shape index (κ1) is 14.6. The van der Waals surface area contributed by atoms with Crippen molar-refractivity contribution in [3.8, 4) is 11.5 Å². The molecule has 0 saturated carbocycles. The topological polar surface area (TPSA) is 44.5 Å². The van der Waals surface area contributed by atoms with E-state index in [1.165, 1.54) is 0 Å². The maximum absolute atomic E-state index is 5.83. The predicted molar refractivity (Wildman–Crippen MR) is 76.1 cm³/mol. The van der Waals surface area contributed by atoms with Crippen LogP contribution in [0.25, 0.3) is 6.08 Å². The molecule has 0 aromatic heterocycles. The molecule has 0 radical (unpaired) electrons. The van der Waals surface area contributed by atoms with Crippen LogP contribution >= 0.6 is 0 Å². The summed E-state index contributed by atoms with van der Waals surface area (Å²) in [5, 5.41) is 0. The zero-order valence-corrected chi connectivity index (χ0v) is 11.9. The second-order valence-electron chi connectivity index (χ2n) is 4.75. The number of methoxy groups -OCH3 is 1. The summed E-state index contributed by atoms with van der Waals surface area (Å²) >= 11 is 0. The van der Waals surface area contributed by atoms with E-state index in [-0.39, 0.29) is 12.1 Å². The number of nitrogens with two attached hydrogens (primary N) is 1. The molecule has 1 rings (SSSR count). The number of hydrogen-bond acceptors (Lipinski definition) is 3. The van der Waals surface area contributed by atoms with Gasteiger partial charge in [-0.1, -0.05) is 17.7 Å². The standard InChI is InChI=1S/C15H23NO2/c1-10(2)18-14-7-6-13(9-15(14)17-5)8-11(3)12(4)16/h6-10,12H,16H2,1-5H3/b11-8-. The molecule has 0 aliphatic carbocycles. The second-order valence-corrected chi connectivity index (χ2v) is 4.75. The maximum Gasteiger partial charge on any atom is 0.161 e. The Labute approximate surface area is 110 Å². The van der Waals surface area contributed by atoms with Gasteiger partial charge in [0.25, 0.3) is 0 Å². The lowest BCUT2D eigenvalue weighted by molar-refractivity contribution is 0.230. The van der Waals surface area contributed by atoms with Crippen molar-refractivity contribution >= 4 is 6.08 Å². The van der Waals surface area contributed by atoms with E-state index in [2.05, 4.69) is 6.08 Å². The summed E-state index contributed by atoms with van der Waals surface area (Å²) < 4.78 is 11.0. The van der Waals surface area contributed by atoms with Crippen molar-refractivity contribution in [3.63, 3.8) is 0 Å². The summed E-state index contributed by atoms with van der Waals surface area (Å²) in [4.78, 5) is 0. The minimum atomic E-state index is 0.0579. The first-order valence-corrected chi connectivity index (χ1v) is 6.22. The SMILES string of the molecule is COc1cc(/C=C(/C)C(C)N)ccc1OC(C)C. The molecule has 0 aliphatic heterocycles. The van der Waals surface area contributed by atoms with Crippen LogP contribution in [0, 0.1) is 0 Å². The van der Waals surface area contributed by atoms with Crippen molar-refractivity contribution in [2.24, 2.45) is 5.73 Å². The Bertz CT molecular complexity index is 423. The summed E-state index contributed by atoms with van der Waals surface area (Å²) in [5.74, 6) is 1.51. The Kier molecular flexibility index (Phi) is 5.23. The molecule has 0 heterocycles. The first-order chi connectivity index (χ1) is 8.43. The molecule has 0 fully saturated rings. The van der Waals surface area contributed by atoms with E-state index in [4.69, 9.17) is 15.2 Å². The molecule has 1 atom stereocenters. The van der Waals surface area contributed by atoms with Gasteiger partial charge in [-0.3, -0.25) is 0 Å². The number of benzene rings is 1. The molecular weight excluding hydrogens is 226 g/mol. The highest BCUT2D eigenvalue weighted by Crippen LogP contribution is 2.29. The van der Waals surface area contributed by atoms with Crippen LogP contribution in [0.3, 0.4) is 0 Å². The van der Waals surface area contributed by atoms with Crippen LogP contribution in [0.4, 0.5) is 0 Å². The fourth-order valence-electron chi connectivity index (χ4n) is 1.52. The van der Waals surface area contributed by atoms with Crippen molar-refractivity contribution in [1.29, 1.82) is 0 Å². The molecule has 0 saturated heterocycles. The average molecular weight is 249 g/mol. The van der Waals surface area contributed by atoms with Gasteiger partial charge in [-0.25, -0.2) is 0 Å². The predicted octanol–water partition coefficient (Wildman–Crippen LogP) is 3.23. The van der Waals surface area contributed by atoms with Gasteiger partial charge in [-0.05, 0) is 45.4 Å². The van der Waals surface area contributed by atoms with Crippen molar-refractivity contribution in [3.05, 3.63) is 29.3 Å². The molecule has 3 nitrogen and oxygen atoms in total. The minimum absolute atomic E-state index is 0.0579. The molecule has 0 amide bonds. The molecule has 0 bridgehead atoms. The van der Waals surface area contributed by atoms with E-state index in [0.717, 1.165) is 22.6 Å². The lowest BCUT2D eigenvalue weighted by Gasteiger charge is -2.14. The molecule has 1 aromatic carbocycles. The summed E-state index contributed by atoms with van der Waals surface area (Å²) in [5.41, 5.74) is 8.03. The molecule has 0 aliphatic rings. The maximum atomic E-state index is 5.83. The summed E-state index contributed by atoms with van der Waals surface area (Å²) in [6, 6.07) is 5.96. The van der Waals surface area contributed by atoms with Gasteiger partial charge in [0.1, 0.15) is 0 Å². The smallest absolute Gasteiger partial charge is 0.161 e. The van der Waals surface area contributed by atoms with E-state index in [1.54, 1.807) is 7.11 Å². The first-order valence-electron chi connectivity index (χ1n) is 6.22. The monoisotopic (exact) mass is 249 g/mol. The summed E-state index contributed by atoms with van der Waals surface area (Å²) in [6.07, 6.45) is 2.19. The summed E-state index contributed by atoms with van der Waals surface area (Å²) in [6.45, 7) is 7.98. The van der Waals surface area contributed by atoms with Crippen LogP contribution in [0.15, 0.2) is 23.8 Å². The van der Waals surface area contributed by atoms with Crippen LogP contribution in [0.1, 0.15) is 33.3 Å². The van der Waals surface area contributed by atoms with Crippen LogP contribution in [-0.4, -0.2) is 19.3 Å². The highest BCUT2D eigenvalue weighted by molar-refractivity contribution is 5.58. The quantitative estimate of drug-likeness (QED) is 0.871. The van der Waals surface area contributed by atoms with Crippen LogP contribution in [0.5, 0.6) is 11.5 Å².